The van der Waals surface area contributed by atoms with Gasteiger partial charge in [-0.1, -0.05) is 31.2 Å². The first-order valence-corrected chi connectivity index (χ1v) is 15.0. The van der Waals surface area contributed by atoms with Crippen LogP contribution in [0.4, 0.5) is 0 Å². The second-order valence-electron chi connectivity index (χ2n) is 9.54. The van der Waals surface area contributed by atoms with E-state index in [0.717, 1.165) is 33.1 Å². The average Bonchev–Trinajstić information content (AvgIpc) is 2.90. The molecule has 0 aliphatic carbocycles. The summed E-state index contributed by atoms with van der Waals surface area (Å²) in [6.45, 7) is 12.5. The van der Waals surface area contributed by atoms with Crippen LogP contribution in [0.2, 0.25) is 0 Å². The van der Waals surface area contributed by atoms with E-state index in [1.54, 1.807) is 0 Å². The molecule has 204 valence electrons. The molecule has 0 fully saturated rings. The van der Waals surface area contributed by atoms with E-state index in [0.29, 0.717) is 30.3 Å². The summed E-state index contributed by atoms with van der Waals surface area (Å²) in [6, 6.07) is 21.3. The fourth-order valence-corrected chi connectivity index (χ4v) is 6.02. The van der Waals surface area contributed by atoms with Crippen LogP contribution < -0.4 is 9.47 Å². The summed E-state index contributed by atoms with van der Waals surface area (Å²) in [5, 5.41) is 0. The van der Waals surface area contributed by atoms with Crippen molar-refractivity contribution in [2.75, 3.05) is 13.2 Å². The van der Waals surface area contributed by atoms with Crippen molar-refractivity contribution in [1.29, 1.82) is 0 Å². The average molecular weight is 555 g/mol. The molecule has 0 aliphatic rings. The van der Waals surface area contributed by atoms with E-state index in [9.17, 15) is 9.00 Å². The number of carbonyl (C=O) groups excluding carboxylic acids is 1. The predicted molar refractivity (Wildman–Crippen MR) is 155 cm³/mol. The second-order valence-corrected chi connectivity index (χ2v) is 12.7. The molecule has 0 aromatic heterocycles. The Kier molecular flexibility index (Phi) is 10.9. The topological polar surface area (TPSA) is 61.8 Å². The molecule has 0 saturated carbocycles. The van der Waals surface area contributed by atoms with Crippen molar-refractivity contribution < 1.29 is 23.2 Å². The summed E-state index contributed by atoms with van der Waals surface area (Å²) < 4.78 is 30.1. The van der Waals surface area contributed by atoms with Gasteiger partial charge in [-0.15, -0.1) is 11.8 Å². The molecule has 3 aromatic carbocycles. The molecule has 5 nitrogen and oxygen atoms in total. The molecule has 3 rings (SSSR count). The number of benzene rings is 3. The minimum absolute atomic E-state index is 0.129. The highest BCUT2D eigenvalue weighted by Crippen LogP contribution is 2.37. The maximum atomic E-state index is 13.3. The molecule has 0 aliphatic heterocycles. The largest absolute Gasteiger partial charge is 0.493 e. The molecular weight excluding hydrogens is 516 g/mol. The van der Waals surface area contributed by atoms with Gasteiger partial charge >= 0.3 is 5.97 Å². The molecule has 0 radical (unpaired) electrons. The Bertz CT molecular complexity index is 1240. The van der Waals surface area contributed by atoms with Crippen molar-refractivity contribution >= 4 is 28.5 Å². The van der Waals surface area contributed by atoms with Crippen LogP contribution in [0.5, 0.6) is 11.5 Å². The van der Waals surface area contributed by atoms with E-state index in [-0.39, 0.29) is 12.1 Å². The zero-order valence-electron chi connectivity index (χ0n) is 23.1. The number of ether oxygens (including phenoxy) is 3. The van der Waals surface area contributed by atoms with E-state index >= 15 is 0 Å². The molecular formula is C31H38O5S2. The highest BCUT2D eigenvalue weighted by molar-refractivity contribution is 8.01. The highest BCUT2D eigenvalue weighted by Gasteiger charge is 2.31. The Balaban J connectivity index is 1.60. The lowest BCUT2D eigenvalue weighted by Gasteiger charge is -2.23. The quantitative estimate of drug-likeness (QED) is 0.162. The van der Waals surface area contributed by atoms with Crippen LogP contribution in [0, 0.1) is 6.92 Å². The highest BCUT2D eigenvalue weighted by atomic mass is 32.2. The van der Waals surface area contributed by atoms with Crippen molar-refractivity contribution in [3.05, 3.63) is 77.9 Å². The minimum Gasteiger partial charge on any atom is -0.493 e. The molecule has 0 heterocycles. The molecule has 0 unspecified atom stereocenters. The predicted octanol–water partition coefficient (Wildman–Crippen LogP) is 7.39. The van der Waals surface area contributed by atoms with E-state index < -0.39 is 15.5 Å². The van der Waals surface area contributed by atoms with Crippen molar-refractivity contribution in [2.45, 2.75) is 79.9 Å². The number of esters is 1. The smallest absolute Gasteiger partial charge is 0.321 e. The van der Waals surface area contributed by atoms with Gasteiger partial charge in [0, 0.05) is 16.2 Å². The van der Waals surface area contributed by atoms with E-state index in [1.807, 2.05) is 101 Å². The number of carbonyl (C=O) groups is 1. The lowest BCUT2D eigenvalue weighted by Crippen LogP contribution is -2.30. The van der Waals surface area contributed by atoms with Gasteiger partial charge in [-0.05, 0) is 94.6 Å². The summed E-state index contributed by atoms with van der Waals surface area (Å²) >= 11 is 1.49. The third-order valence-electron chi connectivity index (χ3n) is 5.97. The summed E-state index contributed by atoms with van der Waals surface area (Å²) in [5.74, 6) is 1.18. The van der Waals surface area contributed by atoms with Crippen molar-refractivity contribution in [3.63, 3.8) is 0 Å². The summed E-state index contributed by atoms with van der Waals surface area (Å²) in [7, 11) is -1.33. The minimum atomic E-state index is -1.33. The van der Waals surface area contributed by atoms with Crippen LogP contribution >= 0.6 is 11.8 Å². The number of rotatable bonds is 13. The zero-order chi connectivity index (χ0) is 27.7. The Hall–Kier alpha value is -2.77. The Morgan fingerprint density at radius 3 is 2.42 bits per heavy atom. The van der Waals surface area contributed by atoms with Crippen LogP contribution in [0.15, 0.2) is 81.4 Å². The zero-order valence-corrected chi connectivity index (χ0v) is 24.7. The fraction of sp³-hybridized carbons (Fsp3) is 0.387. The van der Waals surface area contributed by atoms with Gasteiger partial charge in [-0.25, -0.2) is 4.21 Å². The first kappa shape index (κ1) is 29.8. The van der Waals surface area contributed by atoms with Crippen LogP contribution in [0.3, 0.4) is 0 Å². The van der Waals surface area contributed by atoms with Crippen molar-refractivity contribution in [3.8, 4) is 11.5 Å². The molecule has 0 saturated heterocycles. The molecule has 0 bridgehead atoms. The Morgan fingerprint density at radius 1 is 1.03 bits per heavy atom. The van der Waals surface area contributed by atoms with Crippen molar-refractivity contribution in [1.82, 2.24) is 0 Å². The van der Waals surface area contributed by atoms with Gasteiger partial charge in [0.05, 0.1) is 35.0 Å². The maximum absolute atomic E-state index is 13.3. The van der Waals surface area contributed by atoms with Gasteiger partial charge in [0.2, 0.25) is 0 Å². The van der Waals surface area contributed by atoms with Crippen LogP contribution in [0.1, 0.15) is 52.2 Å². The first-order valence-electron chi connectivity index (χ1n) is 13.0. The monoisotopic (exact) mass is 554 g/mol. The van der Waals surface area contributed by atoms with Gasteiger partial charge < -0.3 is 14.2 Å². The van der Waals surface area contributed by atoms with Gasteiger partial charge in [0.1, 0.15) is 16.2 Å². The summed E-state index contributed by atoms with van der Waals surface area (Å²) in [6.07, 6.45) is 1.40. The standard InChI is InChI=1S/C31H38O5S2/c1-7-24-14-16-27(29(21-24)38(33)26-12-10-9-11-13-26)36-23(4)18-19-35-25-15-17-28(22(3)20-25)37-31(5,6)30(32)34-8-2/h9-17,20-21,23H,7-8,18-19H2,1-6H3/t23-,38+/m0/s1. The normalized spacial score (nSPS) is 13.0. The lowest BCUT2D eigenvalue weighted by atomic mass is 10.1. The van der Waals surface area contributed by atoms with E-state index in [2.05, 4.69) is 6.92 Å². The Morgan fingerprint density at radius 2 is 1.76 bits per heavy atom. The number of aryl methyl sites for hydroxylation is 2. The van der Waals surface area contributed by atoms with Crippen molar-refractivity contribution in [2.24, 2.45) is 0 Å². The van der Waals surface area contributed by atoms with Crippen LogP contribution in [0.25, 0.3) is 0 Å². The van der Waals surface area contributed by atoms with Gasteiger partial charge in [0.15, 0.2) is 0 Å². The molecule has 38 heavy (non-hydrogen) atoms. The summed E-state index contributed by atoms with van der Waals surface area (Å²) in [4.78, 5) is 14.7. The number of hydrogen-bond acceptors (Lipinski definition) is 6. The molecule has 0 spiro atoms. The molecule has 3 aromatic rings. The summed E-state index contributed by atoms with van der Waals surface area (Å²) in [5.41, 5.74) is 2.16. The molecule has 2 atom stereocenters. The third kappa shape index (κ3) is 8.11. The third-order valence-corrected chi connectivity index (χ3v) is 8.75. The molecule has 7 heteroatoms. The van der Waals surface area contributed by atoms with Gasteiger partial charge in [-0.2, -0.15) is 0 Å². The SMILES string of the molecule is CCOC(=O)C(C)(C)Sc1ccc(OCC[C@H](C)Oc2ccc(CC)cc2[S@](=O)c2ccccc2)cc1C. The number of hydrogen-bond donors (Lipinski definition) is 0. The van der Waals surface area contributed by atoms with Crippen LogP contribution in [-0.2, 0) is 26.8 Å². The number of thioether (sulfide) groups is 1. The molecule has 0 amide bonds. The lowest BCUT2D eigenvalue weighted by molar-refractivity contribution is -0.145. The first-order chi connectivity index (χ1) is 18.1. The maximum Gasteiger partial charge on any atom is 0.321 e. The fourth-order valence-electron chi connectivity index (χ4n) is 3.75. The second kappa shape index (κ2) is 13.9. The van der Waals surface area contributed by atoms with Gasteiger partial charge in [0.25, 0.3) is 0 Å². The Labute approximate surface area is 233 Å². The van der Waals surface area contributed by atoms with E-state index in [4.69, 9.17) is 14.2 Å². The van der Waals surface area contributed by atoms with E-state index in [1.165, 1.54) is 11.8 Å². The van der Waals surface area contributed by atoms with Gasteiger partial charge in [-0.3, -0.25) is 4.79 Å². The van der Waals surface area contributed by atoms with Crippen LogP contribution in [-0.4, -0.2) is 34.2 Å². The molecule has 0 N–H and O–H groups in total.